The van der Waals surface area contributed by atoms with E-state index < -0.39 is 10.0 Å². The van der Waals surface area contributed by atoms with Crippen molar-refractivity contribution in [1.82, 2.24) is 15.4 Å². The molecule has 8 heteroatoms. The molecule has 1 aliphatic heterocycles. The highest BCUT2D eigenvalue weighted by Gasteiger charge is 2.15. The first-order valence-electron chi connectivity index (χ1n) is 10.3. The van der Waals surface area contributed by atoms with Crippen LogP contribution < -0.4 is 20.3 Å². The first kappa shape index (κ1) is 22.1. The molecule has 1 atom stereocenters. The fraction of sp³-hybridized carbons (Fsp3) is 0.409. The van der Waals surface area contributed by atoms with Crippen LogP contribution in [0.3, 0.4) is 0 Å². The van der Waals surface area contributed by atoms with Crippen LogP contribution in [0.25, 0.3) is 0 Å². The van der Waals surface area contributed by atoms with Crippen molar-refractivity contribution in [3.05, 3.63) is 59.7 Å². The summed E-state index contributed by atoms with van der Waals surface area (Å²) in [6.45, 7) is 4.92. The van der Waals surface area contributed by atoms with Crippen molar-refractivity contribution in [2.45, 2.75) is 37.2 Å². The summed E-state index contributed by atoms with van der Waals surface area (Å²) in [7, 11) is -0.271. The molecule has 3 N–H and O–H groups in total. The van der Waals surface area contributed by atoms with Gasteiger partial charge in [-0.3, -0.25) is 4.99 Å². The van der Waals surface area contributed by atoms with Gasteiger partial charge >= 0.3 is 0 Å². The third-order valence-electron chi connectivity index (χ3n) is 5.38. The Hall–Kier alpha value is -2.58. The number of hydrogen-bond donors (Lipinski definition) is 3. The van der Waals surface area contributed by atoms with Crippen LogP contribution in [0.1, 0.15) is 36.9 Å². The molecule has 1 aliphatic rings. The van der Waals surface area contributed by atoms with E-state index in [1.165, 1.54) is 31.1 Å². The molecule has 1 heterocycles. The maximum absolute atomic E-state index is 11.8. The molecule has 30 heavy (non-hydrogen) atoms. The van der Waals surface area contributed by atoms with Crippen molar-refractivity contribution in [3.8, 4) is 0 Å². The highest BCUT2D eigenvalue weighted by Crippen LogP contribution is 2.24. The molecule has 1 saturated heterocycles. The van der Waals surface area contributed by atoms with Gasteiger partial charge < -0.3 is 15.5 Å². The summed E-state index contributed by atoms with van der Waals surface area (Å²) in [5, 5.41) is 6.72. The van der Waals surface area contributed by atoms with Crippen molar-refractivity contribution in [2.75, 3.05) is 32.1 Å². The maximum Gasteiger partial charge on any atom is 0.240 e. The van der Waals surface area contributed by atoms with Crippen LogP contribution in [-0.4, -0.2) is 41.6 Å². The molecule has 0 spiro atoms. The van der Waals surface area contributed by atoms with Crippen LogP contribution in [0.2, 0.25) is 0 Å². The number of anilines is 1. The Morgan fingerprint density at radius 2 is 1.83 bits per heavy atom. The predicted molar refractivity (Wildman–Crippen MR) is 122 cm³/mol. The van der Waals surface area contributed by atoms with E-state index >= 15 is 0 Å². The summed E-state index contributed by atoms with van der Waals surface area (Å²) in [6, 6.07) is 15.6. The second kappa shape index (κ2) is 9.95. The SMILES string of the molecule is CN=C(NCc1ccc(S(=O)(=O)NC)cc1)NC(C)c1cccc(N2CCCC2)c1. The highest BCUT2D eigenvalue weighted by atomic mass is 32.2. The van der Waals surface area contributed by atoms with E-state index in [-0.39, 0.29) is 10.9 Å². The number of aliphatic imine (C=N–C) groups is 1. The standard InChI is InChI=1S/C22H31N5O2S/c1-17(19-7-6-8-20(15-19)27-13-4-5-14-27)26-22(23-2)25-16-18-9-11-21(12-10-18)30(28,29)24-3/h6-12,15,17,24H,4-5,13-14,16H2,1-3H3,(H2,23,25,26). The monoisotopic (exact) mass is 429 g/mol. The average Bonchev–Trinajstić information content (AvgIpc) is 3.32. The van der Waals surface area contributed by atoms with Gasteiger partial charge in [-0.15, -0.1) is 0 Å². The molecule has 1 unspecified atom stereocenters. The number of rotatable bonds is 7. The smallest absolute Gasteiger partial charge is 0.240 e. The van der Waals surface area contributed by atoms with E-state index in [4.69, 9.17) is 0 Å². The number of nitrogens with zero attached hydrogens (tertiary/aromatic N) is 2. The topological polar surface area (TPSA) is 85.8 Å². The Labute approximate surface area is 179 Å². The van der Waals surface area contributed by atoms with E-state index in [9.17, 15) is 8.42 Å². The van der Waals surface area contributed by atoms with Crippen molar-refractivity contribution in [1.29, 1.82) is 0 Å². The lowest BCUT2D eigenvalue weighted by Crippen LogP contribution is -2.38. The molecule has 7 nitrogen and oxygen atoms in total. The minimum Gasteiger partial charge on any atom is -0.372 e. The molecule has 3 rings (SSSR count). The van der Waals surface area contributed by atoms with Gasteiger partial charge in [0.05, 0.1) is 10.9 Å². The van der Waals surface area contributed by atoms with Crippen molar-refractivity contribution < 1.29 is 8.42 Å². The van der Waals surface area contributed by atoms with Crippen LogP contribution in [0.5, 0.6) is 0 Å². The van der Waals surface area contributed by atoms with Gasteiger partial charge in [0, 0.05) is 32.4 Å². The van der Waals surface area contributed by atoms with Crippen molar-refractivity contribution >= 4 is 21.7 Å². The summed E-state index contributed by atoms with van der Waals surface area (Å²) >= 11 is 0. The molecule has 0 radical (unpaired) electrons. The van der Waals surface area contributed by atoms with Gasteiger partial charge in [-0.05, 0) is 62.2 Å². The Bertz CT molecular complexity index is 967. The van der Waals surface area contributed by atoms with Gasteiger partial charge in [0.15, 0.2) is 5.96 Å². The average molecular weight is 430 g/mol. The molecule has 0 bridgehead atoms. The van der Waals surface area contributed by atoms with Gasteiger partial charge in [0.1, 0.15) is 0 Å². The van der Waals surface area contributed by atoms with Crippen molar-refractivity contribution in [2.24, 2.45) is 4.99 Å². The molecule has 0 amide bonds. The van der Waals surface area contributed by atoms with Crippen LogP contribution in [0.15, 0.2) is 58.4 Å². The first-order valence-corrected chi connectivity index (χ1v) is 11.8. The fourth-order valence-electron chi connectivity index (χ4n) is 3.54. The quantitative estimate of drug-likeness (QED) is 0.465. The second-order valence-electron chi connectivity index (χ2n) is 7.43. The molecule has 0 saturated carbocycles. The Morgan fingerprint density at radius 1 is 1.13 bits per heavy atom. The highest BCUT2D eigenvalue weighted by molar-refractivity contribution is 7.89. The molecule has 1 fully saturated rings. The van der Waals surface area contributed by atoms with Crippen LogP contribution in [-0.2, 0) is 16.6 Å². The van der Waals surface area contributed by atoms with Crippen LogP contribution >= 0.6 is 0 Å². The summed E-state index contributed by atoms with van der Waals surface area (Å²) in [5.74, 6) is 0.695. The molecule has 0 aromatic heterocycles. The fourth-order valence-corrected chi connectivity index (χ4v) is 4.27. The van der Waals surface area contributed by atoms with E-state index in [0.29, 0.717) is 12.5 Å². The maximum atomic E-state index is 11.8. The summed E-state index contributed by atoms with van der Waals surface area (Å²) < 4.78 is 26.0. The van der Waals surface area contributed by atoms with Crippen LogP contribution in [0, 0.1) is 0 Å². The lowest BCUT2D eigenvalue weighted by molar-refractivity contribution is 0.588. The van der Waals surface area contributed by atoms with Crippen molar-refractivity contribution in [3.63, 3.8) is 0 Å². The van der Waals surface area contributed by atoms with Gasteiger partial charge in [0.25, 0.3) is 0 Å². The van der Waals surface area contributed by atoms with E-state index in [0.717, 1.165) is 18.7 Å². The van der Waals surface area contributed by atoms with Gasteiger partial charge in [-0.2, -0.15) is 0 Å². The van der Waals surface area contributed by atoms with Gasteiger partial charge in [-0.1, -0.05) is 24.3 Å². The third-order valence-corrected chi connectivity index (χ3v) is 6.81. The number of sulfonamides is 1. The lowest BCUT2D eigenvalue weighted by Gasteiger charge is -2.22. The molecular weight excluding hydrogens is 398 g/mol. The molecule has 162 valence electrons. The second-order valence-corrected chi connectivity index (χ2v) is 9.32. The Kier molecular flexibility index (Phi) is 7.33. The zero-order valence-electron chi connectivity index (χ0n) is 17.9. The largest absolute Gasteiger partial charge is 0.372 e. The summed E-state index contributed by atoms with van der Waals surface area (Å²) in [6.07, 6.45) is 2.52. The van der Waals surface area contributed by atoms with E-state index in [1.807, 2.05) is 0 Å². The number of hydrogen-bond acceptors (Lipinski definition) is 4. The normalized spacial score (nSPS) is 15.8. The third kappa shape index (κ3) is 5.52. The molecule has 0 aliphatic carbocycles. The minimum atomic E-state index is -3.42. The zero-order valence-corrected chi connectivity index (χ0v) is 18.7. The Morgan fingerprint density at radius 3 is 2.47 bits per heavy atom. The summed E-state index contributed by atoms with van der Waals surface area (Å²) in [4.78, 5) is 7.00. The van der Waals surface area contributed by atoms with E-state index in [1.54, 1.807) is 31.3 Å². The van der Waals surface area contributed by atoms with Crippen LogP contribution in [0.4, 0.5) is 5.69 Å². The number of nitrogens with one attached hydrogen (secondary N) is 3. The summed E-state index contributed by atoms with van der Waals surface area (Å²) in [5.41, 5.74) is 3.46. The zero-order chi connectivity index (χ0) is 21.6. The Balaban J connectivity index is 1.58. The minimum absolute atomic E-state index is 0.0990. The van der Waals surface area contributed by atoms with E-state index in [2.05, 4.69) is 56.4 Å². The number of benzene rings is 2. The predicted octanol–water partition coefficient (Wildman–Crippen LogP) is 2.62. The van der Waals surface area contributed by atoms with Gasteiger partial charge in [0.2, 0.25) is 10.0 Å². The first-order chi connectivity index (χ1) is 14.4. The molecule has 2 aromatic carbocycles. The van der Waals surface area contributed by atoms with Gasteiger partial charge in [-0.25, -0.2) is 13.1 Å². The number of guanidine groups is 1. The molecular formula is C22H31N5O2S. The lowest BCUT2D eigenvalue weighted by atomic mass is 10.1. The molecule has 2 aromatic rings.